The lowest BCUT2D eigenvalue weighted by Gasteiger charge is -2.22. The summed E-state index contributed by atoms with van der Waals surface area (Å²) in [4.78, 5) is 13.5. The Morgan fingerprint density at radius 1 is 1.63 bits per heavy atom. The van der Waals surface area contributed by atoms with E-state index in [1.165, 1.54) is 4.90 Å². The van der Waals surface area contributed by atoms with Gasteiger partial charge in [-0.2, -0.15) is 0 Å². The standard InChI is InChI=1S/C13H22N2O4/c1-10(16)6-7-15(2)13(17)14-11(9-18-3)12-5-4-8-19-12/h4-5,8,10-11,16H,6-7,9H2,1-3H3,(H,14,17). The van der Waals surface area contributed by atoms with Crippen molar-refractivity contribution in [3.05, 3.63) is 24.2 Å². The van der Waals surface area contributed by atoms with E-state index in [2.05, 4.69) is 5.32 Å². The maximum atomic E-state index is 12.0. The lowest BCUT2D eigenvalue weighted by atomic mass is 10.2. The topological polar surface area (TPSA) is 74.9 Å². The lowest BCUT2D eigenvalue weighted by Crippen LogP contribution is -2.41. The number of carbonyl (C=O) groups is 1. The summed E-state index contributed by atoms with van der Waals surface area (Å²) < 4.78 is 10.3. The fourth-order valence-electron chi connectivity index (χ4n) is 1.59. The Morgan fingerprint density at radius 2 is 2.37 bits per heavy atom. The molecule has 0 fully saturated rings. The molecule has 0 aliphatic heterocycles. The summed E-state index contributed by atoms with van der Waals surface area (Å²) in [6.45, 7) is 2.52. The maximum absolute atomic E-state index is 12.0. The number of nitrogens with zero attached hydrogens (tertiary/aromatic N) is 1. The van der Waals surface area contributed by atoms with Crippen LogP contribution in [-0.4, -0.2) is 49.5 Å². The molecular formula is C13H22N2O4. The van der Waals surface area contributed by atoms with Gasteiger partial charge in [0, 0.05) is 20.7 Å². The molecule has 0 saturated heterocycles. The van der Waals surface area contributed by atoms with Gasteiger partial charge < -0.3 is 24.5 Å². The van der Waals surface area contributed by atoms with Gasteiger partial charge in [0.15, 0.2) is 0 Å². The predicted octanol–water partition coefficient (Wildman–Crippen LogP) is 1.38. The van der Waals surface area contributed by atoms with Crippen LogP contribution in [0.2, 0.25) is 0 Å². The van der Waals surface area contributed by atoms with E-state index in [0.29, 0.717) is 25.3 Å². The van der Waals surface area contributed by atoms with E-state index < -0.39 is 6.10 Å². The van der Waals surface area contributed by atoms with Gasteiger partial charge in [-0.3, -0.25) is 0 Å². The number of furan rings is 1. The number of rotatable bonds is 7. The van der Waals surface area contributed by atoms with E-state index in [1.807, 2.05) is 0 Å². The molecule has 2 unspecified atom stereocenters. The Hall–Kier alpha value is -1.53. The van der Waals surface area contributed by atoms with Crippen LogP contribution in [0.15, 0.2) is 22.8 Å². The minimum Gasteiger partial charge on any atom is -0.467 e. The van der Waals surface area contributed by atoms with Crippen molar-refractivity contribution in [1.82, 2.24) is 10.2 Å². The van der Waals surface area contributed by atoms with Crippen molar-refractivity contribution < 1.29 is 19.1 Å². The summed E-state index contributed by atoms with van der Waals surface area (Å²) >= 11 is 0. The van der Waals surface area contributed by atoms with E-state index in [1.54, 1.807) is 39.5 Å². The number of hydrogen-bond donors (Lipinski definition) is 2. The van der Waals surface area contributed by atoms with Gasteiger partial charge in [-0.25, -0.2) is 4.79 Å². The van der Waals surface area contributed by atoms with Gasteiger partial charge in [0.1, 0.15) is 11.8 Å². The van der Waals surface area contributed by atoms with Gasteiger partial charge in [-0.05, 0) is 25.5 Å². The smallest absolute Gasteiger partial charge is 0.317 e. The Kier molecular flexibility index (Phi) is 6.38. The van der Waals surface area contributed by atoms with Crippen LogP contribution in [-0.2, 0) is 4.74 Å². The van der Waals surface area contributed by atoms with Crippen molar-refractivity contribution >= 4 is 6.03 Å². The quantitative estimate of drug-likeness (QED) is 0.785. The number of methoxy groups -OCH3 is 1. The SMILES string of the molecule is COCC(NC(=O)N(C)CCC(C)O)c1ccco1. The van der Waals surface area contributed by atoms with Gasteiger partial charge in [0.05, 0.1) is 19.0 Å². The number of carbonyl (C=O) groups excluding carboxylic acids is 1. The van der Waals surface area contributed by atoms with Gasteiger partial charge in [-0.1, -0.05) is 0 Å². The minimum atomic E-state index is -0.421. The normalized spacial score (nSPS) is 13.9. The van der Waals surface area contributed by atoms with E-state index in [9.17, 15) is 9.90 Å². The zero-order valence-corrected chi connectivity index (χ0v) is 11.6. The zero-order chi connectivity index (χ0) is 14.3. The maximum Gasteiger partial charge on any atom is 0.317 e. The molecule has 1 aromatic heterocycles. The fraction of sp³-hybridized carbons (Fsp3) is 0.615. The van der Waals surface area contributed by atoms with Crippen molar-refractivity contribution in [2.45, 2.75) is 25.5 Å². The first-order valence-electron chi connectivity index (χ1n) is 6.26. The van der Waals surface area contributed by atoms with Gasteiger partial charge in [0.2, 0.25) is 0 Å². The summed E-state index contributed by atoms with van der Waals surface area (Å²) in [6.07, 6.45) is 1.68. The van der Waals surface area contributed by atoms with Crippen LogP contribution in [0.1, 0.15) is 25.1 Å². The highest BCUT2D eigenvalue weighted by atomic mass is 16.5. The minimum absolute atomic E-state index is 0.223. The highest BCUT2D eigenvalue weighted by Crippen LogP contribution is 2.14. The van der Waals surface area contributed by atoms with E-state index >= 15 is 0 Å². The first-order valence-corrected chi connectivity index (χ1v) is 6.26. The molecule has 2 amide bonds. The predicted molar refractivity (Wildman–Crippen MR) is 70.8 cm³/mol. The van der Waals surface area contributed by atoms with Crippen LogP contribution >= 0.6 is 0 Å². The van der Waals surface area contributed by atoms with Crippen molar-refractivity contribution in [3.63, 3.8) is 0 Å². The molecule has 0 aliphatic carbocycles. The van der Waals surface area contributed by atoms with E-state index in [-0.39, 0.29) is 12.1 Å². The molecule has 2 N–H and O–H groups in total. The van der Waals surface area contributed by atoms with Crippen LogP contribution in [0.25, 0.3) is 0 Å². The first kappa shape index (κ1) is 15.5. The molecule has 2 atom stereocenters. The molecule has 6 heteroatoms. The van der Waals surface area contributed by atoms with Crippen molar-refractivity contribution in [2.75, 3.05) is 27.3 Å². The summed E-state index contributed by atoms with van der Waals surface area (Å²) in [5.41, 5.74) is 0. The molecule has 0 spiro atoms. The third-order valence-electron chi connectivity index (χ3n) is 2.75. The third kappa shape index (κ3) is 5.32. The number of aliphatic hydroxyl groups is 1. The van der Waals surface area contributed by atoms with Crippen LogP contribution in [0.5, 0.6) is 0 Å². The van der Waals surface area contributed by atoms with Gasteiger partial charge in [0.25, 0.3) is 0 Å². The molecule has 0 radical (unpaired) electrons. The average Bonchev–Trinajstić information content (AvgIpc) is 2.88. The second-order valence-electron chi connectivity index (χ2n) is 4.53. The number of nitrogens with one attached hydrogen (secondary N) is 1. The average molecular weight is 270 g/mol. The van der Waals surface area contributed by atoms with E-state index in [4.69, 9.17) is 9.15 Å². The van der Waals surface area contributed by atoms with Crippen LogP contribution < -0.4 is 5.32 Å². The molecule has 6 nitrogen and oxygen atoms in total. The summed E-state index contributed by atoms with van der Waals surface area (Å²) in [5, 5.41) is 12.0. The number of ether oxygens (including phenoxy) is 1. The third-order valence-corrected chi connectivity index (χ3v) is 2.75. The Labute approximate surface area is 113 Å². The van der Waals surface area contributed by atoms with Crippen molar-refractivity contribution in [2.24, 2.45) is 0 Å². The Bertz CT molecular complexity index is 365. The fourth-order valence-corrected chi connectivity index (χ4v) is 1.59. The Balaban J connectivity index is 2.51. The number of urea groups is 1. The molecule has 1 aromatic rings. The molecule has 108 valence electrons. The Morgan fingerprint density at radius 3 is 2.89 bits per heavy atom. The second kappa shape index (κ2) is 7.81. The summed E-state index contributed by atoms with van der Waals surface area (Å²) in [5.74, 6) is 0.652. The van der Waals surface area contributed by atoms with Gasteiger partial charge >= 0.3 is 6.03 Å². The lowest BCUT2D eigenvalue weighted by molar-refractivity contribution is 0.143. The van der Waals surface area contributed by atoms with Crippen LogP contribution in [0.4, 0.5) is 4.79 Å². The highest BCUT2D eigenvalue weighted by Gasteiger charge is 2.19. The van der Waals surface area contributed by atoms with Gasteiger partial charge in [-0.15, -0.1) is 0 Å². The van der Waals surface area contributed by atoms with Crippen molar-refractivity contribution in [1.29, 1.82) is 0 Å². The molecule has 19 heavy (non-hydrogen) atoms. The first-order chi connectivity index (χ1) is 9.04. The summed E-state index contributed by atoms with van der Waals surface area (Å²) in [6, 6.07) is 3.02. The zero-order valence-electron chi connectivity index (χ0n) is 11.6. The number of amides is 2. The van der Waals surface area contributed by atoms with E-state index in [0.717, 1.165) is 0 Å². The monoisotopic (exact) mass is 270 g/mol. The summed E-state index contributed by atoms with van der Waals surface area (Å²) in [7, 11) is 3.25. The number of aliphatic hydroxyl groups excluding tert-OH is 1. The highest BCUT2D eigenvalue weighted by molar-refractivity contribution is 5.74. The largest absolute Gasteiger partial charge is 0.467 e. The molecule has 0 bridgehead atoms. The molecule has 1 heterocycles. The molecule has 0 aromatic carbocycles. The molecule has 1 rings (SSSR count). The number of hydrogen-bond acceptors (Lipinski definition) is 4. The molecule has 0 saturated carbocycles. The van der Waals surface area contributed by atoms with Crippen LogP contribution in [0, 0.1) is 0 Å². The molecule has 0 aliphatic rings. The second-order valence-corrected chi connectivity index (χ2v) is 4.53. The molecular weight excluding hydrogens is 248 g/mol. The van der Waals surface area contributed by atoms with Crippen molar-refractivity contribution in [3.8, 4) is 0 Å². The van der Waals surface area contributed by atoms with Crippen LogP contribution in [0.3, 0.4) is 0 Å².